The van der Waals surface area contributed by atoms with E-state index in [9.17, 15) is 22.7 Å². The molecule has 0 aliphatic rings. The average molecular weight is 433 g/mol. The number of alkyl halides is 3. The molecule has 2 rings (SSSR count). The van der Waals surface area contributed by atoms with Crippen LogP contribution in [0.25, 0.3) is 11.3 Å². The van der Waals surface area contributed by atoms with Gasteiger partial charge in [-0.25, -0.2) is 9.37 Å². The van der Waals surface area contributed by atoms with Gasteiger partial charge >= 0.3 is 6.18 Å². The zero-order valence-corrected chi connectivity index (χ0v) is 18.3. The second-order valence-corrected chi connectivity index (χ2v) is 6.45. The van der Waals surface area contributed by atoms with Crippen LogP contribution in [0, 0.1) is 12.7 Å². The summed E-state index contributed by atoms with van der Waals surface area (Å²) in [5, 5.41) is 17.2. The first kappa shape index (κ1) is 28.0. The first-order chi connectivity index (χ1) is 14.0. The number of aliphatic hydroxyl groups excluding tert-OH is 1. The van der Waals surface area contributed by atoms with Crippen molar-refractivity contribution in [3.8, 4) is 11.3 Å². The van der Waals surface area contributed by atoms with Crippen LogP contribution in [0.4, 0.5) is 17.6 Å². The molecule has 0 spiro atoms. The van der Waals surface area contributed by atoms with E-state index in [0.29, 0.717) is 23.1 Å². The Balaban J connectivity index is 0.00000198. The largest absolute Gasteiger partial charge is 0.424 e. The highest BCUT2D eigenvalue weighted by Gasteiger charge is 2.55. The van der Waals surface area contributed by atoms with Crippen LogP contribution in [0.1, 0.15) is 56.9 Å². The number of pyridine rings is 1. The molecule has 1 aromatic carbocycles. The first-order valence-corrected chi connectivity index (χ1v) is 9.77. The summed E-state index contributed by atoms with van der Waals surface area (Å²) in [6.45, 7) is 8.51. The van der Waals surface area contributed by atoms with Crippen molar-refractivity contribution in [2.75, 3.05) is 13.7 Å². The fourth-order valence-corrected chi connectivity index (χ4v) is 2.83. The lowest BCUT2D eigenvalue weighted by molar-refractivity contribution is -0.263. The van der Waals surface area contributed by atoms with Crippen molar-refractivity contribution in [2.24, 2.45) is 5.73 Å². The first-order valence-electron chi connectivity index (χ1n) is 9.77. The molecule has 1 heterocycles. The molecule has 30 heavy (non-hydrogen) atoms. The van der Waals surface area contributed by atoms with Crippen LogP contribution < -0.4 is 5.73 Å². The van der Waals surface area contributed by atoms with Crippen LogP contribution in [0.3, 0.4) is 0 Å². The molecule has 0 aliphatic carbocycles. The number of halogens is 4. The normalized spacial score (nSPS) is 13.9. The number of nitrogens with two attached hydrogens (primary N) is 1. The average Bonchev–Trinajstić information content (AvgIpc) is 2.75. The van der Waals surface area contributed by atoms with Crippen LogP contribution in [-0.4, -0.2) is 35.0 Å². The second-order valence-electron chi connectivity index (χ2n) is 6.45. The van der Waals surface area contributed by atoms with Gasteiger partial charge in [0.25, 0.3) is 0 Å². The van der Waals surface area contributed by atoms with E-state index in [1.54, 1.807) is 6.92 Å². The van der Waals surface area contributed by atoms with E-state index in [2.05, 4.69) is 4.98 Å². The third-order valence-electron chi connectivity index (χ3n) is 4.76. The Morgan fingerprint density at radius 2 is 1.60 bits per heavy atom. The summed E-state index contributed by atoms with van der Waals surface area (Å²) in [4.78, 5) is 4.09. The van der Waals surface area contributed by atoms with Gasteiger partial charge in [0.2, 0.25) is 5.60 Å². The summed E-state index contributed by atoms with van der Waals surface area (Å²) in [7, 11) is 1.00. The van der Waals surface area contributed by atoms with E-state index >= 15 is 0 Å². The molecule has 0 radical (unpaired) electrons. The predicted molar refractivity (Wildman–Crippen MR) is 112 cm³/mol. The maximum Gasteiger partial charge on any atom is 0.424 e. The lowest BCUT2D eigenvalue weighted by atomic mass is 9.88. The van der Waals surface area contributed by atoms with Gasteiger partial charge in [-0.05, 0) is 60.7 Å². The van der Waals surface area contributed by atoms with E-state index in [-0.39, 0.29) is 11.6 Å². The number of aromatic nitrogens is 1. The number of benzene rings is 1. The number of nitrogens with zero attached hydrogens (tertiary/aromatic N) is 1. The van der Waals surface area contributed by atoms with E-state index in [1.807, 2.05) is 27.7 Å². The van der Waals surface area contributed by atoms with Crippen molar-refractivity contribution < 1.29 is 27.8 Å². The molecular weight excluding hydrogens is 400 g/mol. The number of aliphatic hydroxyl groups is 2. The van der Waals surface area contributed by atoms with Crippen molar-refractivity contribution in [3.63, 3.8) is 0 Å². The monoisotopic (exact) mass is 432 g/mol. The zero-order chi connectivity index (χ0) is 23.7. The highest BCUT2D eigenvalue weighted by molar-refractivity contribution is 5.65. The highest BCUT2D eigenvalue weighted by atomic mass is 19.4. The molecule has 1 aromatic heterocycles. The van der Waals surface area contributed by atoms with Crippen molar-refractivity contribution in [2.45, 2.75) is 58.7 Å². The Kier molecular flexibility index (Phi) is 11.2. The molecule has 4 nitrogen and oxygen atoms in total. The summed E-state index contributed by atoms with van der Waals surface area (Å²) in [5.74, 6) is -0.510. The minimum atomic E-state index is -4.98. The van der Waals surface area contributed by atoms with Crippen molar-refractivity contribution in [1.29, 1.82) is 0 Å². The summed E-state index contributed by atoms with van der Waals surface area (Å²) >= 11 is 0. The predicted octanol–water partition coefficient (Wildman–Crippen LogP) is 5.05. The highest BCUT2D eigenvalue weighted by Crippen LogP contribution is 2.40. The lowest BCUT2D eigenvalue weighted by Crippen LogP contribution is -2.49. The smallest absolute Gasteiger partial charge is 0.400 e. The van der Waals surface area contributed by atoms with Gasteiger partial charge < -0.3 is 15.9 Å². The molecular formula is C22H32F4N2O2. The topological polar surface area (TPSA) is 79.4 Å². The van der Waals surface area contributed by atoms with Crippen LogP contribution in [0.5, 0.6) is 0 Å². The third kappa shape index (κ3) is 6.00. The SMILES string of the molecule is CC.CCC(C)c1cc(C(O)(CN)C(F)(F)F)nc(-c2ccc(F)cc2)c1C.CO. The zero-order valence-electron chi connectivity index (χ0n) is 18.3. The molecule has 0 aliphatic heterocycles. The van der Waals surface area contributed by atoms with Crippen LogP contribution >= 0.6 is 0 Å². The van der Waals surface area contributed by atoms with Gasteiger partial charge in [-0.1, -0.05) is 27.7 Å². The van der Waals surface area contributed by atoms with Gasteiger partial charge in [0.15, 0.2) is 0 Å². The molecule has 0 bridgehead atoms. The number of hydrogen-bond acceptors (Lipinski definition) is 4. The molecule has 0 fully saturated rings. The molecule has 4 N–H and O–H groups in total. The Bertz CT molecular complexity index is 780. The van der Waals surface area contributed by atoms with Gasteiger partial charge in [-0.3, -0.25) is 0 Å². The summed E-state index contributed by atoms with van der Waals surface area (Å²) in [6, 6.07) is 6.60. The molecule has 2 aromatic rings. The number of hydrogen-bond donors (Lipinski definition) is 3. The third-order valence-corrected chi connectivity index (χ3v) is 4.76. The van der Waals surface area contributed by atoms with Crippen molar-refractivity contribution in [3.05, 3.63) is 53.0 Å². The van der Waals surface area contributed by atoms with Gasteiger partial charge in [-0.2, -0.15) is 13.2 Å². The van der Waals surface area contributed by atoms with Crippen LogP contribution in [0.2, 0.25) is 0 Å². The van der Waals surface area contributed by atoms with E-state index in [1.165, 1.54) is 30.3 Å². The fourth-order valence-electron chi connectivity index (χ4n) is 2.83. The molecule has 0 amide bonds. The molecule has 0 saturated heterocycles. The summed E-state index contributed by atoms with van der Waals surface area (Å²) < 4.78 is 53.6. The fraction of sp³-hybridized carbons (Fsp3) is 0.500. The molecule has 170 valence electrons. The van der Waals surface area contributed by atoms with Crippen LogP contribution in [0.15, 0.2) is 30.3 Å². The van der Waals surface area contributed by atoms with Gasteiger partial charge in [-0.15, -0.1) is 0 Å². The molecule has 8 heteroatoms. The maximum atomic E-state index is 13.5. The van der Waals surface area contributed by atoms with E-state index < -0.39 is 29.8 Å². The minimum Gasteiger partial charge on any atom is -0.400 e. The quantitative estimate of drug-likeness (QED) is 0.578. The maximum absolute atomic E-state index is 13.5. The Hall–Kier alpha value is -2.03. The Morgan fingerprint density at radius 3 is 2.00 bits per heavy atom. The molecule has 0 saturated carbocycles. The van der Waals surface area contributed by atoms with Crippen molar-refractivity contribution >= 4 is 0 Å². The number of rotatable bonds is 5. The van der Waals surface area contributed by atoms with Crippen molar-refractivity contribution in [1.82, 2.24) is 4.98 Å². The molecule has 2 atom stereocenters. The van der Waals surface area contributed by atoms with Crippen LogP contribution in [-0.2, 0) is 5.60 Å². The standard InChI is InChI=1S/C19H22F4N2O.C2H6.CH4O/c1-4-11(2)15-9-16(18(26,10-24)19(21,22)23)25-17(12(15)3)13-5-7-14(20)8-6-13;2*1-2/h5-9,11,26H,4,10,24H2,1-3H3;1-2H3;2H,1H3. The van der Waals surface area contributed by atoms with Gasteiger partial charge in [0.05, 0.1) is 11.4 Å². The summed E-state index contributed by atoms with van der Waals surface area (Å²) in [5.41, 5.74) is 3.55. The summed E-state index contributed by atoms with van der Waals surface area (Å²) in [6.07, 6.45) is -4.28. The second kappa shape index (κ2) is 12.0. The Labute approximate surface area is 175 Å². The molecule has 2 unspecified atom stereocenters. The minimum absolute atomic E-state index is 0.0498. The van der Waals surface area contributed by atoms with E-state index in [4.69, 9.17) is 10.8 Å². The Morgan fingerprint density at radius 1 is 1.10 bits per heavy atom. The van der Waals surface area contributed by atoms with E-state index in [0.717, 1.165) is 7.11 Å². The van der Waals surface area contributed by atoms with Gasteiger partial charge in [0.1, 0.15) is 5.82 Å². The van der Waals surface area contributed by atoms with Gasteiger partial charge in [0, 0.05) is 19.2 Å². The lowest BCUT2D eigenvalue weighted by Gasteiger charge is -2.30.